The van der Waals surface area contributed by atoms with E-state index in [9.17, 15) is 4.79 Å². The van der Waals surface area contributed by atoms with Crippen LogP contribution in [-0.2, 0) is 0 Å². The third-order valence-corrected chi connectivity index (χ3v) is 2.86. The predicted molar refractivity (Wildman–Crippen MR) is 71.6 cm³/mol. The summed E-state index contributed by atoms with van der Waals surface area (Å²) in [7, 11) is 0. The largest absolute Gasteiger partial charge is 0.270 e. The van der Waals surface area contributed by atoms with Crippen molar-refractivity contribution in [3.8, 4) is 0 Å². The maximum Gasteiger partial charge on any atom is 0.270 e. The van der Waals surface area contributed by atoms with Crippen LogP contribution in [0.15, 0.2) is 24.3 Å². The molecule has 2 aromatic heterocycles. The van der Waals surface area contributed by atoms with E-state index >= 15 is 0 Å². The van der Waals surface area contributed by atoms with Crippen LogP contribution >= 0.6 is 11.6 Å². The van der Waals surface area contributed by atoms with Crippen LogP contribution < -0.4 is 5.43 Å². The van der Waals surface area contributed by atoms with Crippen molar-refractivity contribution in [2.45, 2.75) is 20.8 Å². The number of nitrogens with one attached hydrogen (secondary N) is 1. The van der Waals surface area contributed by atoms with E-state index in [-0.39, 0.29) is 5.91 Å². The fraction of sp³-hybridized carbons (Fsp3) is 0.231. The smallest absolute Gasteiger partial charge is 0.267 e. The second kappa shape index (κ2) is 4.82. The summed E-state index contributed by atoms with van der Waals surface area (Å²) in [5.74, 6) is -0.204. The van der Waals surface area contributed by atoms with Crippen LogP contribution in [0.25, 0.3) is 0 Å². The molecule has 2 heterocycles. The summed E-state index contributed by atoms with van der Waals surface area (Å²) in [4.78, 5) is 16.1. The number of hydrogen-bond acceptors (Lipinski definition) is 2. The topological polar surface area (TPSA) is 46.9 Å². The molecule has 0 fully saturated rings. The van der Waals surface area contributed by atoms with E-state index in [1.54, 1.807) is 23.7 Å². The van der Waals surface area contributed by atoms with Crippen molar-refractivity contribution in [3.63, 3.8) is 0 Å². The molecule has 1 N–H and O–H groups in total. The van der Waals surface area contributed by atoms with Gasteiger partial charge in [0.05, 0.1) is 0 Å². The Kier molecular flexibility index (Phi) is 3.39. The summed E-state index contributed by atoms with van der Waals surface area (Å²) in [6.45, 7) is 5.66. The number of pyridine rings is 1. The summed E-state index contributed by atoms with van der Waals surface area (Å²) in [5, 5.41) is 0.320. The van der Waals surface area contributed by atoms with Crippen LogP contribution in [0.2, 0.25) is 5.15 Å². The molecule has 0 bridgehead atoms. The summed E-state index contributed by atoms with van der Waals surface area (Å²) in [6.07, 6.45) is 0. The van der Waals surface area contributed by atoms with Gasteiger partial charge in [-0.1, -0.05) is 11.6 Å². The zero-order valence-corrected chi connectivity index (χ0v) is 11.2. The lowest BCUT2D eigenvalue weighted by Gasteiger charge is -2.11. The second-order valence-corrected chi connectivity index (χ2v) is 4.60. The van der Waals surface area contributed by atoms with Crippen LogP contribution in [0.3, 0.4) is 0 Å². The lowest BCUT2D eigenvalue weighted by molar-refractivity contribution is 0.101. The van der Waals surface area contributed by atoms with E-state index in [1.165, 1.54) is 0 Å². The highest BCUT2D eigenvalue weighted by atomic mass is 35.5. The molecule has 0 aliphatic rings. The number of nitrogens with zero attached hydrogens (tertiary/aromatic N) is 2. The Morgan fingerprint density at radius 1 is 1.22 bits per heavy atom. The molecule has 4 nitrogen and oxygen atoms in total. The van der Waals surface area contributed by atoms with E-state index in [2.05, 4.69) is 10.4 Å². The van der Waals surface area contributed by atoms with Gasteiger partial charge in [-0.2, -0.15) is 0 Å². The van der Waals surface area contributed by atoms with E-state index in [4.69, 9.17) is 11.6 Å². The van der Waals surface area contributed by atoms with Crippen molar-refractivity contribution >= 4 is 17.5 Å². The Hall–Kier alpha value is -1.81. The zero-order valence-electron chi connectivity index (χ0n) is 10.5. The van der Waals surface area contributed by atoms with E-state index in [0.717, 1.165) is 11.4 Å². The van der Waals surface area contributed by atoms with Crippen LogP contribution in [-0.4, -0.2) is 15.6 Å². The molecule has 0 spiro atoms. The molecule has 94 valence electrons. The summed E-state index contributed by atoms with van der Waals surface area (Å²) in [5.41, 5.74) is 5.98. The predicted octanol–water partition coefficient (Wildman–Crippen LogP) is 2.85. The van der Waals surface area contributed by atoms with Gasteiger partial charge in [0.15, 0.2) is 0 Å². The van der Waals surface area contributed by atoms with Crippen molar-refractivity contribution in [2.24, 2.45) is 0 Å². The number of aryl methyl sites for hydroxylation is 3. The number of hydrogen-bond donors (Lipinski definition) is 1. The minimum atomic E-state index is -0.204. The number of halogens is 1. The first-order valence-corrected chi connectivity index (χ1v) is 5.95. The van der Waals surface area contributed by atoms with Crippen LogP contribution in [0, 0.1) is 20.8 Å². The van der Waals surface area contributed by atoms with Gasteiger partial charge in [0.2, 0.25) is 0 Å². The van der Waals surface area contributed by atoms with Gasteiger partial charge >= 0.3 is 0 Å². The Morgan fingerprint density at radius 2 is 1.83 bits per heavy atom. The van der Waals surface area contributed by atoms with Crippen molar-refractivity contribution in [3.05, 3.63) is 52.1 Å². The number of carbonyl (C=O) groups is 1. The van der Waals surface area contributed by atoms with Gasteiger partial charge in [-0.05, 0) is 45.0 Å². The third-order valence-electron chi connectivity index (χ3n) is 2.67. The molecule has 0 saturated carbocycles. The summed E-state index contributed by atoms with van der Waals surface area (Å²) in [6, 6.07) is 7.15. The average molecular weight is 264 g/mol. The van der Waals surface area contributed by atoms with Gasteiger partial charge in [0.25, 0.3) is 5.91 Å². The molecule has 0 atom stereocenters. The molecular weight excluding hydrogens is 250 g/mol. The van der Waals surface area contributed by atoms with E-state index < -0.39 is 0 Å². The normalized spacial score (nSPS) is 10.4. The molecule has 5 heteroatoms. The molecule has 0 saturated heterocycles. The molecule has 2 rings (SSSR count). The Labute approximate surface area is 111 Å². The van der Waals surface area contributed by atoms with Crippen molar-refractivity contribution in [1.29, 1.82) is 0 Å². The van der Waals surface area contributed by atoms with E-state index in [0.29, 0.717) is 16.4 Å². The highest BCUT2D eigenvalue weighted by Gasteiger charge is 2.10. The van der Waals surface area contributed by atoms with Crippen LogP contribution in [0.5, 0.6) is 0 Å². The van der Waals surface area contributed by atoms with Gasteiger partial charge in [-0.3, -0.25) is 14.9 Å². The highest BCUT2D eigenvalue weighted by molar-refractivity contribution is 6.29. The quantitative estimate of drug-likeness (QED) is 0.847. The van der Waals surface area contributed by atoms with Gasteiger partial charge in [-0.15, -0.1) is 0 Å². The molecule has 1 amide bonds. The zero-order chi connectivity index (χ0) is 13.3. The average Bonchev–Trinajstić information content (AvgIpc) is 2.59. The van der Waals surface area contributed by atoms with Gasteiger partial charge < -0.3 is 0 Å². The Balaban J connectivity index is 2.27. The van der Waals surface area contributed by atoms with Gasteiger partial charge in [-0.25, -0.2) is 4.98 Å². The molecular formula is C13H14ClN3O. The maximum atomic E-state index is 12.1. The fourth-order valence-corrected chi connectivity index (χ4v) is 2.02. The molecule has 0 radical (unpaired) electrons. The Morgan fingerprint density at radius 3 is 2.39 bits per heavy atom. The first-order valence-electron chi connectivity index (χ1n) is 5.58. The van der Waals surface area contributed by atoms with Crippen LogP contribution in [0.4, 0.5) is 0 Å². The molecule has 18 heavy (non-hydrogen) atoms. The van der Waals surface area contributed by atoms with E-state index in [1.807, 2.05) is 26.0 Å². The fourth-order valence-electron chi connectivity index (χ4n) is 1.77. The van der Waals surface area contributed by atoms with Crippen molar-refractivity contribution in [2.75, 3.05) is 5.43 Å². The van der Waals surface area contributed by atoms with Gasteiger partial charge in [0, 0.05) is 22.6 Å². The lowest BCUT2D eigenvalue weighted by Crippen LogP contribution is -2.24. The SMILES string of the molecule is Cc1cc(C(=O)Nn2c(C)ccc2C)cc(Cl)n1. The molecule has 0 aliphatic carbocycles. The number of aromatic nitrogens is 2. The lowest BCUT2D eigenvalue weighted by atomic mass is 10.2. The molecule has 2 aromatic rings. The number of amides is 1. The minimum Gasteiger partial charge on any atom is -0.267 e. The molecule has 0 unspecified atom stereocenters. The summed E-state index contributed by atoms with van der Waals surface area (Å²) < 4.78 is 1.74. The maximum absolute atomic E-state index is 12.1. The first-order chi connectivity index (χ1) is 8.47. The van der Waals surface area contributed by atoms with Crippen molar-refractivity contribution in [1.82, 2.24) is 9.66 Å². The molecule has 0 aromatic carbocycles. The minimum absolute atomic E-state index is 0.204. The van der Waals surface area contributed by atoms with Crippen LogP contribution in [0.1, 0.15) is 27.4 Å². The Bertz CT molecular complexity index is 565. The third kappa shape index (κ3) is 2.54. The monoisotopic (exact) mass is 263 g/mol. The summed E-state index contributed by atoms with van der Waals surface area (Å²) >= 11 is 5.84. The first kappa shape index (κ1) is 12.6. The highest BCUT2D eigenvalue weighted by Crippen LogP contribution is 2.11. The van der Waals surface area contributed by atoms with Gasteiger partial charge in [0.1, 0.15) is 5.15 Å². The molecule has 0 aliphatic heterocycles. The second-order valence-electron chi connectivity index (χ2n) is 4.21. The standard InChI is InChI=1S/C13H14ClN3O/c1-8-6-11(7-12(14)15-8)13(18)16-17-9(2)4-5-10(17)3/h4-7H,1-3H3,(H,16,18). The van der Waals surface area contributed by atoms with Crippen molar-refractivity contribution < 1.29 is 4.79 Å². The number of rotatable bonds is 2. The number of carbonyl (C=O) groups excluding carboxylic acids is 1.